The van der Waals surface area contributed by atoms with Gasteiger partial charge in [0.25, 0.3) is 0 Å². The third-order valence-electron chi connectivity index (χ3n) is 7.42. The number of nitrogens with two attached hydrogens (primary N) is 1. The van der Waals surface area contributed by atoms with E-state index in [0.717, 1.165) is 48.5 Å². The van der Waals surface area contributed by atoms with Crippen molar-refractivity contribution < 1.29 is 14.2 Å². The predicted octanol–water partition coefficient (Wildman–Crippen LogP) is 3.47. The lowest BCUT2D eigenvalue weighted by Gasteiger charge is -2.34. The minimum absolute atomic E-state index is 0.112. The fourth-order valence-corrected chi connectivity index (χ4v) is 5.05. The number of pyridine rings is 1. The molecule has 0 amide bonds. The maximum absolute atomic E-state index is 6.41. The Hall–Kier alpha value is -3.56. The molecule has 1 saturated heterocycles. The van der Waals surface area contributed by atoms with Gasteiger partial charge in [-0.1, -0.05) is 13.0 Å². The van der Waals surface area contributed by atoms with Crippen molar-refractivity contribution >= 4 is 22.7 Å². The van der Waals surface area contributed by atoms with Crippen molar-refractivity contribution in [2.45, 2.75) is 26.2 Å². The molecular weight excluding hydrogens is 468 g/mol. The molecule has 2 atom stereocenters. The topological polar surface area (TPSA) is 90.9 Å². The molecule has 2 N–H and O–H groups in total. The number of hydrogen-bond donors (Lipinski definition) is 1. The van der Waals surface area contributed by atoms with Crippen LogP contribution in [0.2, 0.25) is 0 Å². The molecular formula is C28H36N6O3. The first-order chi connectivity index (χ1) is 18.0. The zero-order valence-corrected chi connectivity index (χ0v) is 22.1. The highest BCUT2D eigenvalue weighted by Gasteiger charge is 2.29. The Bertz CT molecular complexity index is 1290. The van der Waals surface area contributed by atoms with Crippen LogP contribution in [0.1, 0.15) is 12.5 Å². The summed E-state index contributed by atoms with van der Waals surface area (Å²) in [7, 11) is 5.49. The molecule has 37 heavy (non-hydrogen) atoms. The number of fused-ring (bicyclic) bond motifs is 1. The van der Waals surface area contributed by atoms with E-state index >= 15 is 0 Å². The highest BCUT2D eigenvalue weighted by molar-refractivity contribution is 5.82. The van der Waals surface area contributed by atoms with Crippen LogP contribution in [0.4, 0.5) is 11.6 Å². The van der Waals surface area contributed by atoms with Crippen LogP contribution in [0.3, 0.4) is 0 Å². The maximum atomic E-state index is 6.41. The van der Waals surface area contributed by atoms with Crippen LogP contribution in [-0.2, 0) is 22.6 Å². The summed E-state index contributed by atoms with van der Waals surface area (Å²) >= 11 is 0. The number of imidazole rings is 1. The van der Waals surface area contributed by atoms with Gasteiger partial charge in [-0.3, -0.25) is 0 Å². The van der Waals surface area contributed by atoms with Gasteiger partial charge in [-0.05, 0) is 43.0 Å². The number of likely N-dealkylation sites (N-methyl/N-ethyl adjacent to an activating group) is 1. The number of ether oxygens (including phenoxy) is 3. The van der Waals surface area contributed by atoms with E-state index in [1.165, 1.54) is 11.3 Å². The number of allylic oxidation sites excluding steroid dienone is 2. The van der Waals surface area contributed by atoms with Crippen molar-refractivity contribution in [1.82, 2.24) is 19.4 Å². The summed E-state index contributed by atoms with van der Waals surface area (Å²) < 4.78 is 19.2. The van der Waals surface area contributed by atoms with Gasteiger partial charge >= 0.3 is 0 Å². The molecule has 3 aromatic rings. The second-order valence-corrected chi connectivity index (χ2v) is 9.77. The first-order valence-electron chi connectivity index (χ1n) is 12.7. The largest absolute Gasteiger partial charge is 0.490 e. The molecule has 2 aromatic heterocycles. The molecule has 2 unspecified atom stereocenters. The molecule has 9 nitrogen and oxygen atoms in total. The zero-order valence-electron chi connectivity index (χ0n) is 22.1. The standard InChI is InChI=1S/C28H36N6O3/c1-19-21(6-9-25(27(19)36-4)37-18-20-5-10-26(35-3)30-16-20)17-34-24-8-7-22(15-23(24)31-28(34)29)33-13-11-32(2)12-14-33/h5-10,15-16,19,27H,11-14,17-18H2,1-4H3,(H2,29,31). The van der Waals surface area contributed by atoms with E-state index in [1.807, 2.05) is 18.2 Å². The minimum Gasteiger partial charge on any atom is -0.490 e. The minimum atomic E-state index is -0.189. The molecule has 1 fully saturated rings. The van der Waals surface area contributed by atoms with Crippen LogP contribution >= 0.6 is 0 Å². The van der Waals surface area contributed by atoms with Crippen LogP contribution < -0.4 is 15.4 Å². The average Bonchev–Trinajstić information content (AvgIpc) is 3.23. The molecule has 2 aliphatic rings. The van der Waals surface area contributed by atoms with Crippen molar-refractivity contribution in [2.24, 2.45) is 5.92 Å². The number of piperazine rings is 1. The summed E-state index contributed by atoms with van der Waals surface area (Å²) in [6, 6.07) is 10.3. The highest BCUT2D eigenvalue weighted by atomic mass is 16.5. The van der Waals surface area contributed by atoms with E-state index in [0.29, 0.717) is 25.0 Å². The van der Waals surface area contributed by atoms with Crippen LogP contribution in [-0.4, -0.2) is 73.0 Å². The average molecular weight is 505 g/mol. The summed E-state index contributed by atoms with van der Waals surface area (Å²) in [6.45, 7) is 7.39. The second kappa shape index (κ2) is 10.8. The summed E-state index contributed by atoms with van der Waals surface area (Å²) in [4.78, 5) is 13.7. The quantitative estimate of drug-likeness (QED) is 0.499. The van der Waals surface area contributed by atoms with Gasteiger partial charge in [0.2, 0.25) is 11.8 Å². The van der Waals surface area contributed by atoms with Gasteiger partial charge in [-0.15, -0.1) is 0 Å². The van der Waals surface area contributed by atoms with Crippen molar-refractivity contribution in [2.75, 3.05) is 58.1 Å². The van der Waals surface area contributed by atoms with Gasteiger partial charge in [0.1, 0.15) is 18.5 Å². The molecule has 1 aliphatic carbocycles. The van der Waals surface area contributed by atoms with E-state index in [1.54, 1.807) is 20.4 Å². The lowest BCUT2D eigenvalue weighted by atomic mass is 9.89. The number of rotatable bonds is 8. The number of aromatic nitrogens is 3. The van der Waals surface area contributed by atoms with Crippen molar-refractivity contribution in [3.63, 3.8) is 0 Å². The van der Waals surface area contributed by atoms with E-state index in [2.05, 4.69) is 57.6 Å². The highest BCUT2D eigenvalue weighted by Crippen LogP contribution is 2.32. The molecule has 1 aliphatic heterocycles. The molecule has 0 spiro atoms. The van der Waals surface area contributed by atoms with Crippen LogP contribution in [0.15, 0.2) is 60.0 Å². The van der Waals surface area contributed by atoms with E-state index in [-0.39, 0.29) is 12.0 Å². The Labute approximate surface area is 218 Å². The van der Waals surface area contributed by atoms with E-state index in [4.69, 9.17) is 24.9 Å². The van der Waals surface area contributed by atoms with Gasteiger partial charge in [0.15, 0.2) is 0 Å². The zero-order chi connectivity index (χ0) is 25.9. The lowest BCUT2D eigenvalue weighted by Crippen LogP contribution is -2.44. The van der Waals surface area contributed by atoms with E-state index < -0.39 is 0 Å². The molecule has 0 saturated carbocycles. The molecule has 3 heterocycles. The van der Waals surface area contributed by atoms with Crippen LogP contribution in [0.5, 0.6) is 5.88 Å². The fraction of sp³-hybridized carbons (Fsp3) is 0.429. The van der Waals surface area contributed by atoms with Crippen LogP contribution in [0.25, 0.3) is 11.0 Å². The number of methoxy groups -OCH3 is 2. The SMILES string of the molecule is COc1ccc(COC2=CC=C(Cn3c(N)nc4cc(N5CCN(C)CC5)ccc43)C(C)C2OC)cn1. The summed E-state index contributed by atoms with van der Waals surface area (Å²) in [5.74, 6) is 2.01. The first-order valence-corrected chi connectivity index (χ1v) is 12.7. The smallest absolute Gasteiger partial charge is 0.212 e. The van der Waals surface area contributed by atoms with Gasteiger partial charge in [0.05, 0.1) is 18.1 Å². The normalized spacial score (nSPS) is 20.6. The number of hydrogen-bond acceptors (Lipinski definition) is 8. The monoisotopic (exact) mass is 504 g/mol. The molecule has 5 rings (SSSR count). The number of nitrogens with zero attached hydrogens (tertiary/aromatic N) is 5. The van der Waals surface area contributed by atoms with Gasteiger partial charge < -0.3 is 34.3 Å². The number of anilines is 2. The van der Waals surface area contributed by atoms with Gasteiger partial charge in [-0.25, -0.2) is 9.97 Å². The molecule has 0 bridgehead atoms. The summed E-state index contributed by atoms with van der Waals surface area (Å²) in [5, 5.41) is 0. The molecule has 1 aromatic carbocycles. The Morgan fingerprint density at radius 1 is 1.05 bits per heavy atom. The fourth-order valence-electron chi connectivity index (χ4n) is 5.05. The molecule has 0 radical (unpaired) electrons. The Morgan fingerprint density at radius 3 is 2.57 bits per heavy atom. The number of benzene rings is 1. The second-order valence-electron chi connectivity index (χ2n) is 9.77. The van der Waals surface area contributed by atoms with Crippen molar-refractivity contribution in [3.8, 4) is 5.88 Å². The summed E-state index contributed by atoms with van der Waals surface area (Å²) in [6.07, 6.45) is 5.69. The molecule has 196 valence electrons. The van der Waals surface area contributed by atoms with E-state index in [9.17, 15) is 0 Å². The Balaban J connectivity index is 1.32. The maximum Gasteiger partial charge on any atom is 0.212 e. The number of nitrogen functional groups attached to an aromatic ring is 1. The first kappa shape index (κ1) is 25.1. The van der Waals surface area contributed by atoms with Gasteiger partial charge in [-0.2, -0.15) is 0 Å². The van der Waals surface area contributed by atoms with Crippen molar-refractivity contribution in [1.29, 1.82) is 0 Å². The summed E-state index contributed by atoms with van der Waals surface area (Å²) in [5.41, 5.74) is 11.7. The predicted molar refractivity (Wildman–Crippen MR) is 146 cm³/mol. The van der Waals surface area contributed by atoms with Crippen LogP contribution in [0, 0.1) is 5.92 Å². The Kier molecular flexibility index (Phi) is 7.34. The molecule has 9 heteroatoms. The lowest BCUT2D eigenvalue weighted by molar-refractivity contribution is 0.0321. The third kappa shape index (κ3) is 5.28. The van der Waals surface area contributed by atoms with Gasteiger partial charge in [0, 0.05) is 69.3 Å². The Morgan fingerprint density at radius 2 is 1.86 bits per heavy atom. The van der Waals surface area contributed by atoms with Crippen molar-refractivity contribution in [3.05, 3.63) is 65.6 Å². The third-order valence-corrected chi connectivity index (χ3v) is 7.42.